The first-order valence-electron chi connectivity index (χ1n) is 8.00. The van der Waals surface area contributed by atoms with Crippen molar-refractivity contribution in [2.45, 2.75) is 52.9 Å². The molecule has 0 atom stereocenters. The van der Waals surface area contributed by atoms with Gasteiger partial charge in [0.05, 0.1) is 6.54 Å². The highest BCUT2D eigenvalue weighted by atomic mass is 16.2. The Morgan fingerprint density at radius 2 is 1.57 bits per heavy atom. The van der Waals surface area contributed by atoms with Gasteiger partial charge >= 0.3 is 0 Å². The van der Waals surface area contributed by atoms with Crippen molar-refractivity contribution in [1.82, 2.24) is 4.90 Å². The number of carbonyl (C=O) groups is 1. The van der Waals surface area contributed by atoms with Gasteiger partial charge in [-0.1, -0.05) is 46.8 Å². The van der Waals surface area contributed by atoms with Crippen molar-refractivity contribution in [3.8, 4) is 0 Å². The van der Waals surface area contributed by atoms with Gasteiger partial charge in [0.1, 0.15) is 0 Å². The Bertz CT molecular complexity index is 426. The van der Waals surface area contributed by atoms with E-state index in [1.165, 1.54) is 5.56 Å². The molecule has 21 heavy (non-hydrogen) atoms. The molecule has 0 unspecified atom stereocenters. The third-order valence-corrected chi connectivity index (χ3v) is 3.53. The van der Waals surface area contributed by atoms with Gasteiger partial charge in [-0.2, -0.15) is 0 Å². The maximum absolute atomic E-state index is 12.2. The minimum atomic E-state index is 0.160. The molecule has 0 aliphatic rings. The van der Waals surface area contributed by atoms with E-state index in [4.69, 9.17) is 0 Å². The largest absolute Gasteiger partial charge is 0.376 e. The van der Waals surface area contributed by atoms with E-state index in [2.05, 4.69) is 64.2 Å². The Kier molecular flexibility index (Phi) is 6.73. The van der Waals surface area contributed by atoms with E-state index in [1.54, 1.807) is 0 Å². The Balaban J connectivity index is 2.56. The summed E-state index contributed by atoms with van der Waals surface area (Å²) < 4.78 is 0. The van der Waals surface area contributed by atoms with Gasteiger partial charge < -0.3 is 10.2 Å². The van der Waals surface area contributed by atoms with Gasteiger partial charge in [-0.15, -0.1) is 0 Å². The van der Waals surface area contributed by atoms with E-state index in [-0.39, 0.29) is 11.3 Å². The summed E-state index contributed by atoms with van der Waals surface area (Å²) in [5.74, 6) is 0.179. The fourth-order valence-electron chi connectivity index (χ4n) is 2.28. The highest BCUT2D eigenvalue weighted by molar-refractivity contribution is 5.80. The van der Waals surface area contributed by atoms with Gasteiger partial charge in [0.2, 0.25) is 5.91 Å². The molecule has 0 radical (unpaired) electrons. The van der Waals surface area contributed by atoms with E-state index in [9.17, 15) is 4.79 Å². The first-order chi connectivity index (χ1) is 9.88. The van der Waals surface area contributed by atoms with Gasteiger partial charge in [-0.25, -0.2) is 0 Å². The van der Waals surface area contributed by atoms with Crippen LogP contribution in [0, 0.1) is 0 Å². The second kappa shape index (κ2) is 8.06. The van der Waals surface area contributed by atoms with Crippen molar-refractivity contribution < 1.29 is 4.79 Å². The lowest BCUT2D eigenvalue weighted by atomic mass is 9.87. The quantitative estimate of drug-likeness (QED) is 0.822. The molecular formula is C18H30N2O. The molecular weight excluding hydrogens is 260 g/mol. The van der Waals surface area contributed by atoms with Crippen LogP contribution in [0.3, 0.4) is 0 Å². The van der Waals surface area contributed by atoms with E-state index in [0.29, 0.717) is 6.54 Å². The number of nitrogens with one attached hydrogen (secondary N) is 1. The summed E-state index contributed by atoms with van der Waals surface area (Å²) in [6, 6.07) is 8.36. The Labute approximate surface area is 129 Å². The molecule has 0 saturated heterocycles. The Hall–Kier alpha value is -1.51. The van der Waals surface area contributed by atoms with Crippen molar-refractivity contribution in [1.29, 1.82) is 0 Å². The number of hydrogen-bond acceptors (Lipinski definition) is 2. The molecule has 0 aliphatic carbocycles. The van der Waals surface area contributed by atoms with Crippen LogP contribution in [0.15, 0.2) is 24.3 Å². The van der Waals surface area contributed by atoms with Crippen LogP contribution in [0.5, 0.6) is 0 Å². The molecule has 1 N–H and O–H groups in total. The Morgan fingerprint density at radius 1 is 1.05 bits per heavy atom. The third kappa shape index (κ3) is 5.78. The smallest absolute Gasteiger partial charge is 0.241 e. The molecule has 0 heterocycles. The van der Waals surface area contributed by atoms with Crippen LogP contribution in [0.2, 0.25) is 0 Å². The van der Waals surface area contributed by atoms with Crippen LogP contribution >= 0.6 is 0 Å². The monoisotopic (exact) mass is 290 g/mol. The zero-order chi connectivity index (χ0) is 15.9. The number of amides is 1. The first-order valence-corrected chi connectivity index (χ1v) is 8.00. The van der Waals surface area contributed by atoms with Crippen LogP contribution in [-0.4, -0.2) is 30.4 Å². The predicted molar refractivity (Wildman–Crippen MR) is 90.8 cm³/mol. The fourth-order valence-corrected chi connectivity index (χ4v) is 2.28. The summed E-state index contributed by atoms with van der Waals surface area (Å²) >= 11 is 0. The summed E-state index contributed by atoms with van der Waals surface area (Å²) in [5.41, 5.74) is 2.47. The summed E-state index contributed by atoms with van der Waals surface area (Å²) in [6.07, 6.45) is 2.01. The summed E-state index contributed by atoms with van der Waals surface area (Å²) in [6.45, 7) is 12.9. The van der Waals surface area contributed by atoms with E-state index in [1.807, 2.05) is 4.90 Å². The Morgan fingerprint density at radius 3 is 2.00 bits per heavy atom. The maximum atomic E-state index is 12.2. The number of hydrogen-bond donors (Lipinski definition) is 1. The second-order valence-electron chi connectivity index (χ2n) is 6.56. The molecule has 3 heteroatoms. The highest BCUT2D eigenvalue weighted by Gasteiger charge is 2.14. The molecule has 3 nitrogen and oxygen atoms in total. The van der Waals surface area contributed by atoms with Crippen molar-refractivity contribution in [2.24, 2.45) is 0 Å². The van der Waals surface area contributed by atoms with E-state index >= 15 is 0 Å². The zero-order valence-electron chi connectivity index (χ0n) is 14.2. The average molecular weight is 290 g/mol. The third-order valence-electron chi connectivity index (χ3n) is 3.53. The molecule has 0 spiro atoms. The molecule has 0 saturated carbocycles. The van der Waals surface area contributed by atoms with Crippen LogP contribution < -0.4 is 5.32 Å². The molecule has 118 valence electrons. The van der Waals surface area contributed by atoms with E-state index < -0.39 is 0 Å². The average Bonchev–Trinajstić information content (AvgIpc) is 2.44. The molecule has 1 aromatic rings. The lowest BCUT2D eigenvalue weighted by Crippen LogP contribution is -2.36. The highest BCUT2D eigenvalue weighted by Crippen LogP contribution is 2.23. The normalized spacial score (nSPS) is 11.3. The first kappa shape index (κ1) is 17.5. The summed E-state index contributed by atoms with van der Waals surface area (Å²) in [4.78, 5) is 14.1. The van der Waals surface area contributed by atoms with E-state index in [0.717, 1.165) is 31.6 Å². The SMILES string of the molecule is CCCN(CCC)C(=O)CNc1ccc(C(C)(C)C)cc1. The van der Waals surface area contributed by atoms with Gasteiger partial charge in [0.15, 0.2) is 0 Å². The van der Waals surface area contributed by atoms with Crippen molar-refractivity contribution in [3.05, 3.63) is 29.8 Å². The summed E-state index contributed by atoms with van der Waals surface area (Å²) in [5, 5.41) is 3.23. The number of anilines is 1. The molecule has 1 rings (SSSR count). The molecule has 0 bridgehead atoms. The number of carbonyl (C=O) groups excluding carboxylic acids is 1. The predicted octanol–water partition coefficient (Wildman–Crippen LogP) is 4.04. The van der Waals surface area contributed by atoms with Crippen LogP contribution in [0.4, 0.5) is 5.69 Å². The standard InChI is InChI=1S/C18H30N2O/c1-6-12-20(13-7-2)17(21)14-19-16-10-8-15(9-11-16)18(3,4)5/h8-11,19H,6-7,12-14H2,1-5H3. The minimum absolute atomic E-state index is 0.160. The minimum Gasteiger partial charge on any atom is -0.376 e. The second-order valence-corrected chi connectivity index (χ2v) is 6.56. The van der Waals surface area contributed by atoms with Gasteiger partial charge in [-0.3, -0.25) is 4.79 Å². The van der Waals surface area contributed by atoms with Crippen LogP contribution in [-0.2, 0) is 10.2 Å². The van der Waals surface area contributed by atoms with Crippen molar-refractivity contribution in [3.63, 3.8) is 0 Å². The number of benzene rings is 1. The summed E-state index contributed by atoms with van der Waals surface area (Å²) in [7, 11) is 0. The lowest BCUT2D eigenvalue weighted by Gasteiger charge is -2.22. The van der Waals surface area contributed by atoms with Crippen LogP contribution in [0.1, 0.15) is 53.0 Å². The van der Waals surface area contributed by atoms with Gasteiger partial charge in [-0.05, 0) is 36.0 Å². The fraction of sp³-hybridized carbons (Fsp3) is 0.611. The molecule has 0 aliphatic heterocycles. The number of nitrogens with zero attached hydrogens (tertiary/aromatic N) is 1. The molecule has 1 amide bonds. The lowest BCUT2D eigenvalue weighted by molar-refractivity contribution is -0.129. The number of rotatable bonds is 7. The topological polar surface area (TPSA) is 32.3 Å². The van der Waals surface area contributed by atoms with Gasteiger partial charge in [0, 0.05) is 18.8 Å². The maximum Gasteiger partial charge on any atom is 0.241 e. The molecule has 1 aromatic carbocycles. The molecule has 0 fully saturated rings. The van der Waals surface area contributed by atoms with Gasteiger partial charge in [0.25, 0.3) is 0 Å². The van der Waals surface area contributed by atoms with Crippen molar-refractivity contribution in [2.75, 3.05) is 25.0 Å². The van der Waals surface area contributed by atoms with Crippen molar-refractivity contribution >= 4 is 11.6 Å². The molecule has 0 aromatic heterocycles. The zero-order valence-corrected chi connectivity index (χ0v) is 14.2. The van der Waals surface area contributed by atoms with Crippen LogP contribution in [0.25, 0.3) is 0 Å².